The molecule has 0 saturated heterocycles. The molecule has 8 heteroatoms. The quantitative estimate of drug-likeness (QED) is 0.416. The summed E-state index contributed by atoms with van der Waals surface area (Å²) < 4.78 is 20.9. The number of allylic oxidation sites excluding steroid dienone is 1. The van der Waals surface area contributed by atoms with E-state index in [9.17, 15) is 9.18 Å². The van der Waals surface area contributed by atoms with Gasteiger partial charge >= 0.3 is 0 Å². The molecule has 4 aromatic rings. The van der Waals surface area contributed by atoms with E-state index in [2.05, 4.69) is 22.8 Å². The van der Waals surface area contributed by atoms with E-state index in [1.807, 2.05) is 56.3 Å². The van der Waals surface area contributed by atoms with E-state index in [1.165, 1.54) is 39.4 Å². The molecule has 0 bridgehead atoms. The smallest absolute Gasteiger partial charge is 0.269 e. The maximum atomic E-state index is 14.1. The molecular weight excluding hydrogens is 461 g/mol. The van der Waals surface area contributed by atoms with E-state index >= 15 is 0 Å². The minimum atomic E-state index is -0.222. The fourth-order valence-corrected chi connectivity index (χ4v) is 7.03. The van der Waals surface area contributed by atoms with Gasteiger partial charge in [0.25, 0.3) is 10.6 Å². The normalized spacial score (nSPS) is 16.0. The first-order valence-corrected chi connectivity index (χ1v) is 12.6. The standard InChI is InChI=1S/C24H21FN3OS3/c1-4-28-22(14-21-26(2)16-9-5-6-11-18(16)30-21)31-19(24(28)29)12-13-20-27(3)17-10-7-8-15(25)23(17)32-20/h5-14H,4H2,1-3H3/q+1/b19-12-,20-13-. The van der Waals surface area contributed by atoms with Crippen LogP contribution in [-0.4, -0.2) is 11.6 Å². The molecule has 162 valence electrons. The SMILES string of the molecule is CCn1c(=O)/c(=C/C=C2\Sc3c(F)cccc3N2C)s/c1=C\c1sc2ccccc2[n+]1C. The molecule has 0 aliphatic carbocycles. The summed E-state index contributed by atoms with van der Waals surface area (Å²) in [6.45, 7) is 2.59. The van der Waals surface area contributed by atoms with E-state index in [0.717, 1.165) is 20.4 Å². The second-order valence-corrected chi connectivity index (χ2v) is 10.5. The van der Waals surface area contributed by atoms with Crippen LogP contribution >= 0.6 is 34.4 Å². The highest BCUT2D eigenvalue weighted by molar-refractivity contribution is 8.03. The van der Waals surface area contributed by atoms with Crippen molar-refractivity contribution in [3.8, 4) is 0 Å². The Kier molecular flexibility index (Phi) is 5.53. The number of hydrogen-bond donors (Lipinski definition) is 0. The van der Waals surface area contributed by atoms with E-state index in [0.29, 0.717) is 16.0 Å². The van der Waals surface area contributed by atoms with Gasteiger partial charge in [0.1, 0.15) is 22.2 Å². The van der Waals surface area contributed by atoms with Crippen LogP contribution in [0.5, 0.6) is 0 Å². The molecule has 0 radical (unpaired) electrons. The predicted molar refractivity (Wildman–Crippen MR) is 133 cm³/mol. The Bertz CT molecular complexity index is 1560. The molecule has 0 spiro atoms. The van der Waals surface area contributed by atoms with Crippen LogP contribution in [0.15, 0.2) is 63.3 Å². The maximum absolute atomic E-state index is 14.1. The van der Waals surface area contributed by atoms with Crippen molar-refractivity contribution in [2.24, 2.45) is 7.05 Å². The largest absolute Gasteiger partial charge is 0.338 e. The third-order valence-corrected chi connectivity index (χ3v) is 8.96. The van der Waals surface area contributed by atoms with E-state index in [4.69, 9.17) is 0 Å². The second kappa shape index (κ2) is 8.35. The van der Waals surface area contributed by atoms with Crippen LogP contribution < -0.4 is 24.2 Å². The van der Waals surface area contributed by atoms with Crippen molar-refractivity contribution in [3.05, 3.63) is 83.9 Å². The summed E-state index contributed by atoms with van der Waals surface area (Å²) in [7, 11) is 3.96. The molecule has 0 atom stereocenters. The number of para-hydroxylation sites is 1. The first kappa shape index (κ1) is 21.2. The number of thioether (sulfide) groups is 1. The van der Waals surface area contributed by atoms with Crippen LogP contribution in [0.4, 0.5) is 10.1 Å². The third kappa shape index (κ3) is 3.52. The van der Waals surface area contributed by atoms with Crippen molar-refractivity contribution in [3.63, 3.8) is 0 Å². The van der Waals surface area contributed by atoms with Gasteiger partial charge in [0, 0.05) is 19.7 Å². The van der Waals surface area contributed by atoms with Crippen molar-refractivity contribution in [2.75, 3.05) is 11.9 Å². The number of rotatable bonds is 3. The van der Waals surface area contributed by atoms with Gasteiger partial charge in [-0.25, -0.2) is 4.39 Å². The van der Waals surface area contributed by atoms with Gasteiger partial charge in [0.15, 0.2) is 0 Å². The molecule has 5 rings (SSSR count). The van der Waals surface area contributed by atoms with Gasteiger partial charge in [-0.1, -0.05) is 41.3 Å². The van der Waals surface area contributed by atoms with Gasteiger partial charge in [0.2, 0.25) is 5.52 Å². The van der Waals surface area contributed by atoms with E-state index in [1.54, 1.807) is 22.0 Å². The van der Waals surface area contributed by atoms with Gasteiger partial charge in [-0.15, -0.1) is 11.3 Å². The van der Waals surface area contributed by atoms with Gasteiger partial charge in [0.05, 0.1) is 26.2 Å². The fraction of sp³-hybridized carbons (Fsp3) is 0.167. The lowest BCUT2D eigenvalue weighted by Crippen LogP contribution is -2.32. The number of aromatic nitrogens is 2. The molecule has 4 nitrogen and oxygen atoms in total. The molecule has 32 heavy (non-hydrogen) atoms. The minimum Gasteiger partial charge on any atom is -0.338 e. The number of thiazole rings is 2. The Morgan fingerprint density at radius 3 is 2.66 bits per heavy atom. The van der Waals surface area contributed by atoms with Crippen LogP contribution in [0.25, 0.3) is 22.4 Å². The molecule has 0 amide bonds. The van der Waals surface area contributed by atoms with Gasteiger partial charge in [-0.2, -0.15) is 4.57 Å². The molecule has 1 aliphatic heterocycles. The lowest BCUT2D eigenvalue weighted by molar-refractivity contribution is -0.642. The summed E-state index contributed by atoms with van der Waals surface area (Å²) in [5, 5.41) is 1.99. The number of halogens is 1. The predicted octanol–water partition coefficient (Wildman–Crippen LogP) is 3.80. The Morgan fingerprint density at radius 2 is 1.91 bits per heavy atom. The van der Waals surface area contributed by atoms with Crippen molar-refractivity contribution in [1.29, 1.82) is 0 Å². The molecule has 2 aromatic carbocycles. The Morgan fingerprint density at radius 1 is 1.09 bits per heavy atom. The average Bonchev–Trinajstić information content (AvgIpc) is 3.40. The summed E-state index contributed by atoms with van der Waals surface area (Å²) >= 11 is 4.58. The topological polar surface area (TPSA) is 29.1 Å². The Labute approximate surface area is 196 Å². The van der Waals surface area contributed by atoms with Crippen molar-refractivity contribution in [2.45, 2.75) is 18.4 Å². The van der Waals surface area contributed by atoms with E-state index in [-0.39, 0.29) is 11.4 Å². The van der Waals surface area contributed by atoms with Gasteiger partial charge < -0.3 is 4.90 Å². The molecule has 1 aliphatic rings. The average molecular weight is 483 g/mol. The van der Waals surface area contributed by atoms with Crippen LogP contribution in [0.3, 0.4) is 0 Å². The zero-order valence-electron chi connectivity index (χ0n) is 17.8. The molecule has 3 heterocycles. The minimum absolute atomic E-state index is 0.00120. The maximum Gasteiger partial charge on any atom is 0.269 e. The van der Waals surface area contributed by atoms with Crippen LogP contribution in [0.2, 0.25) is 0 Å². The lowest BCUT2D eigenvalue weighted by atomic mass is 10.3. The van der Waals surface area contributed by atoms with E-state index < -0.39 is 0 Å². The molecule has 0 N–H and O–H groups in total. The fourth-order valence-electron chi connectivity index (χ4n) is 3.76. The number of anilines is 1. The monoisotopic (exact) mass is 482 g/mol. The second-order valence-electron chi connectivity index (χ2n) is 7.39. The number of benzene rings is 2. The first-order valence-electron chi connectivity index (χ1n) is 10.2. The van der Waals surface area contributed by atoms with Gasteiger partial charge in [-0.3, -0.25) is 9.36 Å². The summed E-state index contributed by atoms with van der Waals surface area (Å²) in [5.41, 5.74) is 2.02. The van der Waals surface area contributed by atoms with Gasteiger partial charge in [-0.05, 0) is 37.3 Å². The highest BCUT2D eigenvalue weighted by atomic mass is 32.2. The number of hydrogen-bond acceptors (Lipinski definition) is 5. The van der Waals surface area contributed by atoms with Crippen molar-refractivity contribution >= 4 is 62.5 Å². The summed E-state index contributed by atoms with van der Waals surface area (Å²) in [6.07, 6.45) is 5.84. The Hall–Kier alpha value is -2.68. The van der Waals surface area contributed by atoms with Crippen LogP contribution in [0.1, 0.15) is 11.9 Å². The molecular formula is C24H21FN3OS3+. The van der Waals surface area contributed by atoms with Crippen LogP contribution in [0, 0.1) is 5.82 Å². The summed E-state index contributed by atoms with van der Waals surface area (Å²) in [4.78, 5) is 15.6. The summed E-state index contributed by atoms with van der Waals surface area (Å²) in [5.74, 6) is -0.222. The number of fused-ring (bicyclic) bond motifs is 2. The molecule has 0 saturated carbocycles. The first-order chi connectivity index (χ1) is 15.5. The highest BCUT2D eigenvalue weighted by Crippen LogP contribution is 2.46. The highest BCUT2D eigenvalue weighted by Gasteiger charge is 2.24. The third-order valence-electron chi connectivity index (χ3n) is 5.49. The Balaban J connectivity index is 1.59. The number of aryl methyl sites for hydroxylation is 1. The van der Waals surface area contributed by atoms with Crippen LogP contribution in [-0.2, 0) is 13.6 Å². The van der Waals surface area contributed by atoms with Crippen molar-refractivity contribution < 1.29 is 8.96 Å². The number of nitrogens with zero attached hydrogens (tertiary/aromatic N) is 3. The zero-order chi connectivity index (χ0) is 22.4. The van der Waals surface area contributed by atoms with Crippen molar-refractivity contribution in [1.82, 2.24) is 4.57 Å². The summed E-state index contributed by atoms with van der Waals surface area (Å²) in [6, 6.07) is 13.4. The molecule has 0 fully saturated rings. The lowest BCUT2D eigenvalue weighted by Gasteiger charge is -2.12. The molecule has 2 aromatic heterocycles. The zero-order valence-corrected chi connectivity index (χ0v) is 20.3. The molecule has 0 unspecified atom stereocenters.